The van der Waals surface area contributed by atoms with E-state index in [1.54, 1.807) is 29.2 Å². The van der Waals surface area contributed by atoms with E-state index in [2.05, 4.69) is 5.32 Å². The fourth-order valence-electron chi connectivity index (χ4n) is 3.25. The van der Waals surface area contributed by atoms with Gasteiger partial charge >= 0.3 is 6.09 Å². The molecule has 1 aromatic heterocycles. The number of ether oxygens (including phenoxy) is 2. The van der Waals surface area contributed by atoms with Crippen LogP contribution in [0.2, 0.25) is 0 Å². The van der Waals surface area contributed by atoms with Crippen molar-refractivity contribution in [1.82, 2.24) is 10.2 Å². The van der Waals surface area contributed by atoms with Crippen LogP contribution in [0, 0.1) is 0 Å². The summed E-state index contributed by atoms with van der Waals surface area (Å²) < 4.78 is 16.5. The van der Waals surface area contributed by atoms with E-state index >= 15 is 0 Å². The maximum Gasteiger partial charge on any atom is 0.407 e. The molecule has 1 aromatic carbocycles. The molecule has 2 aromatic rings. The minimum atomic E-state index is -0.624. The second-order valence-electron chi connectivity index (χ2n) is 6.29. The Morgan fingerprint density at radius 2 is 2.04 bits per heavy atom. The van der Waals surface area contributed by atoms with Crippen LogP contribution in [0.4, 0.5) is 4.79 Å². The van der Waals surface area contributed by atoms with Crippen LogP contribution in [-0.4, -0.2) is 42.1 Å². The number of alkyl carbamates (subject to hydrolysis) is 1. The van der Waals surface area contributed by atoms with Crippen molar-refractivity contribution in [1.29, 1.82) is 0 Å². The molecule has 1 spiro atoms. The van der Waals surface area contributed by atoms with E-state index in [-0.39, 0.29) is 17.6 Å². The van der Waals surface area contributed by atoms with E-state index in [0.717, 1.165) is 12.8 Å². The Morgan fingerprint density at radius 3 is 2.80 bits per heavy atom. The van der Waals surface area contributed by atoms with Gasteiger partial charge < -0.3 is 24.1 Å². The molecule has 2 aliphatic rings. The predicted molar refractivity (Wildman–Crippen MR) is 87.6 cm³/mol. The first-order chi connectivity index (χ1) is 12.1. The highest BCUT2D eigenvalue weighted by molar-refractivity contribution is 5.91. The lowest BCUT2D eigenvalue weighted by molar-refractivity contribution is -0.00611. The van der Waals surface area contributed by atoms with Crippen LogP contribution in [0.25, 0.3) is 0 Å². The lowest BCUT2D eigenvalue weighted by atomic mass is 9.93. The number of nitrogens with zero attached hydrogens (tertiary/aromatic N) is 1. The fraction of sp³-hybridized carbons (Fsp3) is 0.333. The number of carbonyl (C=O) groups is 2. The van der Waals surface area contributed by atoms with Crippen LogP contribution in [0.3, 0.4) is 0 Å². The summed E-state index contributed by atoms with van der Waals surface area (Å²) in [6.07, 6.45) is 1.09. The van der Waals surface area contributed by atoms with Gasteiger partial charge in [0, 0.05) is 12.6 Å². The zero-order valence-corrected chi connectivity index (χ0v) is 13.6. The molecule has 0 bridgehead atoms. The number of hydrogen-bond donors (Lipinski definition) is 1. The summed E-state index contributed by atoms with van der Waals surface area (Å²) in [5.41, 5.74) is -0.624. The van der Waals surface area contributed by atoms with Gasteiger partial charge in [-0.25, -0.2) is 4.79 Å². The van der Waals surface area contributed by atoms with Crippen molar-refractivity contribution in [2.75, 3.05) is 19.6 Å². The van der Waals surface area contributed by atoms with Gasteiger partial charge in [-0.05, 0) is 31.0 Å². The quantitative estimate of drug-likeness (QED) is 0.928. The standard InChI is InChI=1S/C18H18N2O5/c21-16(20-10-4-9-18(12-20)11-19-17(22)25-18)14-7-8-15(24-14)23-13-5-2-1-3-6-13/h1-3,5-8H,4,9-12H2,(H,19,22)/t18-/m1/s1. The Hall–Kier alpha value is -2.96. The highest BCUT2D eigenvalue weighted by Crippen LogP contribution is 2.30. The van der Waals surface area contributed by atoms with E-state index < -0.39 is 11.7 Å². The number of furan rings is 1. The van der Waals surface area contributed by atoms with Gasteiger partial charge in [0.1, 0.15) is 11.4 Å². The minimum Gasteiger partial charge on any atom is -0.439 e. The second-order valence-corrected chi connectivity index (χ2v) is 6.29. The summed E-state index contributed by atoms with van der Waals surface area (Å²) in [7, 11) is 0. The molecule has 0 unspecified atom stereocenters. The lowest BCUT2D eigenvalue weighted by Gasteiger charge is -2.37. The largest absolute Gasteiger partial charge is 0.439 e. The lowest BCUT2D eigenvalue weighted by Crippen LogP contribution is -2.52. The summed E-state index contributed by atoms with van der Waals surface area (Å²) in [4.78, 5) is 25.7. The Kier molecular flexibility index (Phi) is 3.83. The molecule has 0 aliphatic carbocycles. The number of piperidine rings is 1. The number of carbonyl (C=O) groups excluding carboxylic acids is 2. The number of benzene rings is 1. The molecular weight excluding hydrogens is 324 g/mol. The van der Waals surface area contributed by atoms with Gasteiger partial charge in [0.2, 0.25) is 0 Å². The maximum absolute atomic E-state index is 12.7. The summed E-state index contributed by atoms with van der Waals surface area (Å²) in [6, 6.07) is 12.4. The van der Waals surface area contributed by atoms with Crippen LogP contribution < -0.4 is 10.1 Å². The van der Waals surface area contributed by atoms with Crippen molar-refractivity contribution < 1.29 is 23.5 Å². The van der Waals surface area contributed by atoms with E-state index in [1.807, 2.05) is 18.2 Å². The van der Waals surface area contributed by atoms with Gasteiger partial charge in [-0.1, -0.05) is 18.2 Å². The van der Waals surface area contributed by atoms with Crippen LogP contribution in [0.15, 0.2) is 46.9 Å². The third kappa shape index (κ3) is 3.17. The van der Waals surface area contributed by atoms with Crippen molar-refractivity contribution in [3.8, 4) is 11.7 Å². The molecule has 2 fully saturated rings. The van der Waals surface area contributed by atoms with E-state index in [0.29, 0.717) is 25.4 Å². The zero-order valence-electron chi connectivity index (χ0n) is 13.6. The Balaban J connectivity index is 1.45. The van der Waals surface area contributed by atoms with Crippen LogP contribution in [0.5, 0.6) is 11.7 Å². The normalized spacial score (nSPS) is 22.6. The molecule has 0 saturated carbocycles. The summed E-state index contributed by atoms with van der Waals surface area (Å²) in [5, 5.41) is 2.67. The SMILES string of the molecule is O=C1NC[C@@]2(CCCN(C(=O)c3ccc(Oc4ccccc4)o3)C2)O1. The first-order valence-corrected chi connectivity index (χ1v) is 8.22. The van der Waals surface area contributed by atoms with Crippen LogP contribution in [-0.2, 0) is 4.74 Å². The third-order valence-corrected chi connectivity index (χ3v) is 4.44. The first kappa shape index (κ1) is 15.6. The van der Waals surface area contributed by atoms with Crippen molar-refractivity contribution >= 4 is 12.0 Å². The average Bonchev–Trinajstić information content (AvgIpc) is 3.22. The second kappa shape index (κ2) is 6.16. The average molecular weight is 342 g/mol. The predicted octanol–water partition coefficient (Wildman–Crippen LogP) is 2.79. The smallest absolute Gasteiger partial charge is 0.407 e. The van der Waals surface area contributed by atoms with Gasteiger partial charge in [0.25, 0.3) is 11.9 Å². The Bertz CT molecular complexity index is 788. The number of hydrogen-bond acceptors (Lipinski definition) is 5. The molecule has 0 radical (unpaired) electrons. The molecule has 7 nitrogen and oxygen atoms in total. The van der Waals surface area contributed by atoms with Gasteiger partial charge in [-0.2, -0.15) is 0 Å². The summed E-state index contributed by atoms with van der Waals surface area (Å²) >= 11 is 0. The summed E-state index contributed by atoms with van der Waals surface area (Å²) in [5.74, 6) is 0.872. The van der Waals surface area contributed by atoms with Crippen molar-refractivity contribution in [3.63, 3.8) is 0 Å². The molecule has 4 rings (SSSR count). The topological polar surface area (TPSA) is 81.0 Å². The Labute approximate surface area is 144 Å². The molecule has 2 aliphatic heterocycles. The monoisotopic (exact) mass is 342 g/mol. The molecule has 7 heteroatoms. The number of para-hydroxylation sites is 1. The highest BCUT2D eigenvalue weighted by atomic mass is 16.6. The highest BCUT2D eigenvalue weighted by Gasteiger charge is 2.45. The number of likely N-dealkylation sites (tertiary alicyclic amines) is 1. The van der Waals surface area contributed by atoms with Crippen LogP contribution in [0.1, 0.15) is 23.4 Å². The third-order valence-electron chi connectivity index (χ3n) is 4.44. The fourth-order valence-corrected chi connectivity index (χ4v) is 3.25. The van der Waals surface area contributed by atoms with Crippen molar-refractivity contribution in [2.24, 2.45) is 0 Å². The molecule has 3 heterocycles. The molecule has 1 atom stereocenters. The van der Waals surface area contributed by atoms with Crippen LogP contribution >= 0.6 is 0 Å². The van der Waals surface area contributed by atoms with Gasteiger partial charge in [-0.15, -0.1) is 0 Å². The van der Waals surface area contributed by atoms with Crippen molar-refractivity contribution in [2.45, 2.75) is 18.4 Å². The van der Waals surface area contributed by atoms with Gasteiger partial charge in [0.05, 0.1) is 13.1 Å². The summed E-state index contributed by atoms with van der Waals surface area (Å²) in [6.45, 7) is 1.39. The molecule has 1 N–H and O–H groups in total. The number of rotatable bonds is 3. The molecule has 25 heavy (non-hydrogen) atoms. The van der Waals surface area contributed by atoms with Crippen molar-refractivity contribution in [3.05, 3.63) is 48.2 Å². The molecule has 2 amide bonds. The van der Waals surface area contributed by atoms with Gasteiger partial charge in [-0.3, -0.25) is 4.79 Å². The van der Waals surface area contributed by atoms with E-state index in [4.69, 9.17) is 13.9 Å². The molecule has 2 saturated heterocycles. The van der Waals surface area contributed by atoms with Gasteiger partial charge in [0.15, 0.2) is 5.76 Å². The first-order valence-electron chi connectivity index (χ1n) is 8.22. The Morgan fingerprint density at radius 1 is 1.20 bits per heavy atom. The number of amides is 2. The zero-order chi connectivity index (χ0) is 17.3. The maximum atomic E-state index is 12.7. The van der Waals surface area contributed by atoms with E-state index in [1.165, 1.54) is 0 Å². The number of nitrogens with one attached hydrogen (secondary N) is 1. The minimum absolute atomic E-state index is 0.209. The molecular formula is C18H18N2O5. The van der Waals surface area contributed by atoms with E-state index in [9.17, 15) is 9.59 Å². The molecule has 130 valence electrons.